The van der Waals surface area contributed by atoms with Gasteiger partial charge in [0.25, 0.3) is 0 Å². The normalized spacial score (nSPS) is 14.2. The molecule has 1 unspecified atom stereocenters. The van der Waals surface area contributed by atoms with Crippen molar-refractivity contribution < 1.29 is 18.8 Å². The number of hydrogen-bond acceptors (Lipinski definition) is 6. The Morgan fingerprint density at radius 2 is 1.98 bits per heavy atom. The minimum atomic E-state index is -0.467. The van der Waals surface area contributed by atoms with Crippen LogP contribution in [0.25, 0.3) is 10.9 Å². The van der Waals surface area contributed by atoms with Crippen LogP contribution in [0.4, 0.5) is 14.9 Å². The van der Waals surface area contributed by atoms with Crippen LogP contribution in [0.1, 0.15) is 47.9 Å². The molecule has 2 aromatic heterocycles. The molecule has 12 heteroatoms. The topological polar surface area (TPSA) is 123 Å². The van der Waals surface area contributed by atoms with E-state index in [9.17, 15) is 18.8 Å². The summed E-state index contributed by atoms with van der Waals surface area (Å²) < 4.78 is 14.3. The molecular weight excluding hydrogens is 597 g/mol. The number of hydrogen-bond donors (Lipinski definition) is 3. The standard InChI is InChI=1S/C33H37ClFN7O3/c1-41(17-22-8-11-36-12-9-22)19-28-25(15-29(34)32-27(28)16-38-40-32)14-23(20-43)4-2-6-26(10-13-37-21-44)42-18-24-5-3-7-30(35)31(24)39-33(42)45/h3,5,7-9,11-12,15-16,20-21,23,26H,2,4,6,10,13-14,17-19H2,1H3,(H,37,44)(H,38,40)(H,39,45)/t23-,26?/m1/s1. The molecule has 45 heavy (non-hydrogen) atoms. The molecule has 1 aliphatic rings. The van der Waals surface area contributed by atoms with Gasteiger partial charge in [0.2, 0.25) is 6.41 Å². The van der Waals surface area contributed by atoms with Gasteiger partial charge in [0.05, 0.1) is 22.4 Å². The second-order valence-corrected chi connectivity index (χ2v) is 12.0. The van der Waals surface area contributed by atoms with Crippen LogP contribution in [0.2, 0.25) is 5.02 Å². The van der Waals surface area contributed by atoms with Crippen molar-refractivity contribution in [3.05, 3.63) is 88.1 Å². The zero-order valence-corrected chi connectivity index (χ0v) is 25.9. The summed E-state index contributed by atoms with van der Waals surface area (Å²) in [6.45, 7) is 2.02. The lowest BCUT2D eigenvalue weighted by atomic mass is 9.90. The summed E-state index contributed by atoms with van der Waals surface area (Å²) in [6.07, 6.45) is 9.90. The second-order valence-electron chi connectivity index (χ2n) is 11.6. The SMILES string of the molecule is CN(Cc1ccncc1)Cc1c(C[C@H](C=O)CCCC(CCNC=O)N2Cc3cccc(F)c3NC2=O)cc(Cl)c2[nH]ncc12. The number of nitrogens with zero attached hydrogens (tertiary/aromatic N) is 4. The van der Waals surface area contributed by atoms with Crippen molar-refractivity contribution in [3.63, 3.8) is 0 Å². The molecule has 2 aromatic carbocycles. The van der Waals surface area contributed by atoms with Crippen LogP contribution in [0.3, 0.4) is 0 Å². The lowest BCUT2D eigenvalue weighted by Gasteiger charge is -2.36. The number of para-hydroxylation sites is 1. The van der Waals surface area contributed by atoms with E-state index in [0.717, 1.165) is 40.4 Å². The average Bonchev–Trinajstić information content (AvgIpc) is 3.53. The van der Waals surface area contributed by atoms with E-state index in [-0.39, 0.29) is 30.2 Å². The molecule has 0 aliphatic carbocycles. The monoisotopic (exact) mass is 633 g/mol. The summed E-state index contributed by atoms with van der Waals surface area (Å²) in [6, 6.07) is 10.1. The van der Waals surface area contributed by atoms with Gasteiger partial charge < -0.3 is 20.3 Å². The summed E-state index contributed by atoms with van der Waals surface area (Å²) in [4.78, 5) is 44.3. The molecule has 0 spiro atoms. The summed E-state index contributed by atoms with van der Waals surface area (Å²) in [5.74, 6) is -0.737. The van der Waals surface area contributed by atoms with Crippen LogP contribution in [-0.4, -0.2) is 63.3 Å². The van der Waals surface area contributed by atoms with Gasteiger partial charge in [-0.15, -0.1) is 0 Å². The van der Waals surface area contributed by atoms with E-state index in [4.69, 9.17) is 11.6 Å². The fourth-order valence-corrected chi connectivity index (χ4v) is 6.40. The maximum atomic E-state index is 14.3. The van der Waals surface area contributed by atoms with Crippen LogP contribution >= 0.6 is 11.6 Å². The Morgan fingerprint density at radius 1 is 1.16 bits per heavy atom. The number of amides is 3. The van der Waals surface area contributed by atoms with E-state index in [0.29, 0.717) is 62.2 Å². The highest BCUT2D eigenvalue weighted by molar-refractivity contribution is 6.35. The van der Waals surface area contributed by atoms with Crippen molar-refractivity contribution in [1.82, 2.24) is 30.3 Å². The first-order valence-electron chi connectivity index (χ1n) is 15.1. The highest BCUT2D eigenvalue weighted by Gasteiger charge is 2.30. The summed E-state index contributed by atoms with van der Waals surface area (Å²) >= 11 is 6.64. The Labute approximate surface area is 266 Å². The van der Waals surface area contributed by atoms with Gasteiger partial charge in [0.15, 0.2) is 0 Å². The number of carbonyl (C=O) groups excluding carboxylic acids is 3. The van der Waals surface area contributed by atoms with Gasteiger partial charge in [-0.25, -0.2) is 9.18 Å². The van der Waals surface area contributed by atoms with E-state index in [1.807, 2.05) is 25.2 Å². The lowest BCUT2D eigenvalue weighted by Crippen LogP contribution is -2.46. The molecule has 1 aliphatic heterocycles. The molecule has 3 N–H and O–H groups in total. The van der Waals surface area contributed by atoms with Crippen molar-refractivity contribution in [2.75, 3.05) is 18.9 Å². The molecule has 3 heterocycles. The average molecular weight is 634 g/mol. The molecule has 0 bridgehead atoms. The number of halogens is 2. The van der Waals surface area contributed by atoms with E-state index < -0.39 is 5.82 Å². The quantitative estimate of drug-likeness (QED) is 0.111. The number of aldehydes is 1. The minimum absolute atomic E-state index is 0.208. The van der Waals surface area contributed by atoms with Crippen LogP contribution in [0.15, 0.2) is 55.0 Å². The summed E-state index contributed by atoms with van der Waals surface area (Å²) in [5, 5.41) is 14.1. The van der Waals surface area contributed by atoms with Crippen molar-refractivity contribution in [1.29, 1.82) is 0 Å². The zero-order valence-electron chi connectivity index (χ0n) is 25.1. The summed E-state index contributed by atoms with van der Waals surface area (Å²) in [5.41, 5.74) is 4.88. The number of urea groups is 1. The Kier molecular flexibility index (Phi) is 10.7. The first kappa shape index (κ1) is 32.1. The molecule has 3 amide bonds. The Bertz CT molecular complexity index is 1630. The number of carbonyl (C=O) groups is 3. The third kappa shape index (κ3) is 7.84. The van der Waals surface area contributed by atoms with Crippen LogP contribution in [0, 0.1) is 11.7 Å². The predicted molar refractivity (Wildman–Crippen MR) is 171 cm³/mol. The van der Waals surface area contributed by atoms with Gasteiger partial charge in [-0.1, -0.05) is 30.2 Å². The molecule has 2 atom stereocenters. The van der Waals surface area contributed by atoms with Gasteiger partial charge in [0.1, 0.15) is 12.1 Å². The third-order valence-electron chi connectivity index (χ3n) is 8.39. The zero-order chi connectivity index (χ0) is 31.8. The number of pyridine rings is 1. The van der Waals surface area contributed by atoms with Gasteiger partial charge in [-0.05, 0) is 79.3 Å². The fraction of sp³-hybridized carbons (Fsp3) is 0.364. The molecule has 236 valence electrons. The Hall–Kier alpha value is -4.35. The number of H-pyrrole nitrogens is 1. The molecule has 5 rings (SSSR count). The van der Waals surface area contributed by atoms with Gasteiger partial charge >= 0.3 is 6.03 Å². The van der Waals surface area contributed by atoms with Crippen molar-refractivity contribution in [3.8, 4) is 0 Å². The molecule has 10 nitrogen and oxygen atoms in total. The van der Waals surface area contributed by atoms with Crippen molar-refractivity contribution in [2.45, 2.75) is 57.8 Å². The van der Waals surface area contributed by atoms with Crippen LogP contribution in [-0.2, 0) is 35.6 Å². The van der Waals surface area contributed by atoms with Crippen molar-refractivity contribution >= 4 is 46.9 Å². The fourth-order valence-electron chi connectivity index (χ4n) is 6.13. The highest BCUT2D eigenvalue weighted by Crippen LogP contribution is 2.32. The van der Waals surface area contributed by atoms with E-state index >= 15 is 0 Å². The number of fused-ring (bicyclic) bond motifs is 2. The second kappa shape index (κ2) is 15.1. The lowest BCUT2D eigenvalue weighted by molar-refractivity contribution is -0.111. The largest absolute Gasteiger partial charge is 0.359 e. The van der Waals surface area contributed by atoms with Gasteiger partial charge in [-0.3, -0.25) is 19.8 Å². The first-order chi connectivity index (χ1) is 21.9. The molecule has 0 saturated heterocycles. The number of benzene rings is 2. The number of aromatic nitrogens is 3. The van der Waals surface area contributed by atoms with Crippen LogP contribution < -0.4 is 10.6 Å². The molecule has 0 fully saturated rings. The number of anilines is 1. The first-order valence-corrected chi connectivity index (χ1v) is 15.4. The molecule has 0 radical (unpaired) electrons. The van der Waals surface area contributed by atoms with E-state index in [2.05, 4.69) is 30.7 Å². The number of rotatable bonds is 16. The van der Waals surface area contributed by atoms with Crippen LogP contribution in [0.5, 0.6) is 0 Å². The predicted octanol–water partition coefficient (Wildman–Crippen LogP) is 5.46. The number of aromatic amines is 1. The third-order valence-corrected chi connectivity index (χ3v) is 8.69. The number of nitrogens with one attached hydrogen (secondary N) is 3. The minimum Gasteiger partial charge on any atom is -0.359 e. The Balaban J connectivity index is 1.28. The van der Waals surface area contributed by atoms with Crippen molar-refractivity contribution in [2.24, 2.45) is 5.92 Å². The highest BCUT2D eigenvalue weighted by atomic mass is 35.5. The van der Waals surface area contributed by atoms with E-state index in [1.54, 1.807) is 35.6 Å². The van der Waals surface area contributed by atoms with Gasteiger partial charge in [-0.2, -0.15) is 5.10 Å². The van der Waals surface area contributed by atoms with E-state index in [1.165, 1.54) is 6.07 Å². The molecule has 0 saturated carbocycles. The maximum Gasteiger partial charge on any atom is 0.322 e. The van der Waals surface area contributed by atoms with Gasteiger partial charge in [0, 0.05) is 55.9 Å². The summed E-state index contributed by atoms with van der Waals surface area (Å²) in [7, 11) is 2.05. The molecular formula is C33H37ClFN7O3. The molecule has 4 aromatic rings. The smallest absolute Gasteiger partial charge is 0.322 e. The maximum absolute atomic E-state index is 14.3. The Morgan fingerprint density at radius 3 is 2.76 bits per heavy atom.